The van der Waals surface area contributed by atoms with Gasteiger partial charge in [-0.1, -0.05) is 12.1 Å². The molecule has 1 N–H and O–H groups in total. The molecule has 0 atom stereocenters. The Labute approximate surface area is 102 Å². The molecule has 7 heteroatoms. The molecule has 1 aromatic carbocycles. The summed E-state index contributed by atoms with van der Waals surface area (Å²) < 4.78 is 0. The van der Waals surface area contributed by atoms with Gasteiger partial charge >= 0.3 is 0 Å². The zero-order chi connectivity index (χ0) is 13.0. The van der Waals surface area contributed by atoms with Crippen LogP contribution in [0, 0.1) is 10.1 Å². The quantitative estimate of drug-likeness (QED) is 0.653. The summed E-state index contributed by atoms with van der Waals surface area (Å²) in [4.78, 5) is 29.5. The third-order valence-corrected chi connectivity index (χ3v) is 2.14. The molecule has 0 radical (unpaired) electrons. The molecule has 0 spiro atoms. The fourth-order valence-electron chi connectivity index (χ4n) is 1.34. The van der Waals surface area contributed by atoms with Gasteiger partial charge in [0.05, 0.1) is 11.1 Å². The SMILES string of the molecule is O=C(Nc1ccccc1[N+](=O)[O-])c1cnccn1. The van der Waals surface area contributed by atoms with Crippen LogP contribution in [0.15, 0.2) is 42.9 Å². The summed E-state index contributed by atoms with van der Waals surface area (Å²) >= 11 is 0. The molecule has 2 rings (SSSR count). The summed E-state index contributed by atoms with van der Waals surface area (Å²) in [5.41, 5.74) is 0.0449. The predicted octanol–water partition coefficient (Wildman–Crippen LogP) is 1.64. The zero-order valence-corrected chi connectivity index (χ0v) is 9.11. The predicted molar refractivity (Wildman–Crippen MR) is 63.1 cm³/mol. The van der Waals surface area contributed by atoms with Crippen LogP contribution in [-0.4, -0.2) is 20.8 Å². The second-order valence-electron chi connectivity index (χ2n) is 3.32. The maximum absolute atomic E-state index is 11.8. The van der Waals surface area contributed by atoms with Crippen molar-refractivity contribution in [2.24, 2.45) is 0 Å². The molecule has 1 amide bonds. The van der Waals surface area contributed by atoms with Crippen LogP contribution < -0.4 is 5.32 Å². The van der Waals surface area contributed by atoms with Gasteiger partial charge in [-0.3, -0.25) is 19.9 Å². The summed E-state index contributed by atoms with van der Waals surface area (Å²) in [6, 6.07) is 5.88. The van der Waals surface area contributed by atoms with Gasteiger partial charge in [-0.25, -0.2) is 4.98 Å². The Hall–Kier alpha value is -2.83. The number of nitrogens with zero attached hydrogens (tertiary/aromatic N) is 3. The van der Waals surface area contributed by atoms with E-state index < -0.39 is 10.8 Å². The Morgan fingerprint density at radius 3 is 2.72 bits per heavy atom. The molecule has 0 saturated heterocycles. The number of anilines is 1. The fourth-order valence-corrected chi connectivity index (χ4v) is 1.34. The van der Waals surface area contributed by atoms with E-state index in [9.17, 15) is 14.9 Å². The van der Waals surface area contributed by atoms with Crippen LogP contribution in [0.3, 0.4) is 0 Å². The highest BCUT2D eigenvalue weighted by Gasteiger charge is 2.16. The summed E-state index contributed by atoms with van der Waals surface area (Å²) in [7, 11) is 0. The number of hydrogen-bond acceptors (Lipinski definition) is 5. The number of nitro benzene ring substituents is 1. The molecule has 0 aliphatic rings. The number of amides is 1. The molecule has 7 nitrogen and oxygen atoms in total. The second kappa shape index (κ2) is 5.00. The van der Waals surface area contributed by atoms with Crippen molar-refractivity contribution < 1.29 is 9.72 Å². The molecule has 0 unspecified atom stereocenters. The van der Waals surface area contributed by atoms with E-state index in [1.54, 1.807) is 6.07 Å². The van der Waals surface area contributed by atoms with E-state index in [-0.39, 0.29) is 17.1 Å². The van der Waals surface area contributed by atoms with Gasteiger partial charge in [0.1, 0.15) is 11.4 Å². The van der Waals surface area contributed by atoms with E-state index in [4.69, 9.17) is 0 Å². The van der Waals surface area contributed by atoms with Crippen molar-refractivity contribution in [1.82, 2.24) is 9.97 Å². The van der Waals surface area contributed by atoms with Crippen LogP contribution in [0.1, 0.15) is 10.5 Å². The average Bonchev–Trinajstić information content (AvgIpc) is 2.40. The number of para-hydroxylation sites is 2. The molecule has 0 aliphatic carbocycles. The van der Waals surface area contributed by atoms with E-state index in [0.717, 1.165) is 0 Å². The zero-order valence-electron chi connectivity index (χ0n) is 9.11. The van der Waals surface area contributed by atoms with Gasteiger partial charge in [-0.15, -0.1) is 0 Å². The van der Waals surface area contributed by atoms with Crippen molar-refractivity contribution in [2.75, 3.05) is 5.32 Å². The Morgan fingerprint density at radius 1 is 1.28 bits per heavy atom. The molecule has 1 heterocycles. The first-order valence-corrected chi connectivity index (χ1v) is 4.99. The summed E-state index contributed by atoms with van der Waals surface area (Å²) in [5, 5.41) is 13.2. The van der Waals surface area contributed by atoms with Crippen molar-refractivity contribution in [1.29, 1.82) is 0 Å². The van der Waals surface area contributed by atoms with Crippen molar-refractivity contribution in [3.05, 3.63) is 58.7 Å². The molecule has 2 aromatic rings. The van der Waals surface area contributed by atoms with Crippen LogP contribution in [0.25, 0.3) is 0 Å². The number of nitro groups is 1. The minimum absolute atomic E-state index is 0.0932. The van der Waals surface area contributed by atoms with Crippen LogP contribution in [-0.2, 0) is 0 Å². The third-order valence-electron chi connectivity index (χ3n) is 2.14. The smallest absolute Gasteiger partial charge is 0.292 e. The van der Waals surface area contributed by atoms with Crippen molar-refractivity contribution in [3.8, 4) is 0 Å². The standard InChI is InChI=1S/C11H8N4O3/c16-11(9-7-12-5-6-13-9)14-8-3-1-2-4-10(8)15(17)18/h1-7H,(H,14,16). The Bertz CT molecular complexity index is 586. The number of aromatic nitrogens is 2. The minimum atomic E-state index is -0.563. The van der Waals surface area contributed by atoms with Crippen LogP contribution in [0.4, 0.5) is 11.4 Å². The fraction of sp³-hybridized carbons (Fsp3) is 0. The highest BCUT2D eigenvalue weighted by Crippen LogP contribution is 2.23. The minimum Gasteiger partial charge on any atom is -0.315 e. The van der Waals surface area contributed by atoms with Crippen molar-refractivity contribution in [2.45, 2.75) is 0 Å². The van der Waals surface area contributed by atoms with Gasteiger partial charge in [0.2, 0.25) is 0 Å². The molecule has 1 aromatic heterocycles. The molecule has 0 saturated carbocycles. The number of benzene rings is 1. The highest BCUT2D eigenvalue weighted by molar-refractivity contribution is 6.03. The van der Waals surface area contributed by atoms with Gasteiger partial charge < -0.3 is 5.32 Å². The number of rotatable bonds is 3. The molecular weight excluding hydrogens is 236 g/mol. The summed E-state index contributed by atoms with van der Waals surface area (Å²) in [6.45, 7) is 0. The third kappa shape index (κ3) is 2.46. The van der Waals surface area contributed by atoms with Gasteiger partial charge in [0, 0.05) is 18.5 Å². The van der Waals surface area contributed by atoms with Gasteiger partial charge in [-0.05, 0) is 6.07 Å². The number of hydrogen-bond donors (Lipinski definition) is 1. The Kier molecular flexibility index (Phi) is 3.24. The summed E-state index contributed by atoms with van der Waals surface area (Å²) in [6.07, 6.45) is 4.08. The normalized spacial score (nSPS) is 9.78. The lowest BCUT2D eigenvalue weighted by Gasteiger charge is -2.04. The van der Waals surface area contributed by atoms with Gasteiger partial charge in [-0.2, -0.15) is 0 Å². The Balaban J connectivity index is 2.25. The van der Waals surface area contributed by atoms with Crippen LogP contribution >= 0.6 is 0 Å². The van der Waals surface area contributed by atoms with Gasteiger partial charge in [0.25, 0.3) is 11.6 Å². The highest BCUT2D eigenvalue weighted by atomic mass is 16.6. The van der Waals surface area contributed by atoms with E-state index in [2.05, 4.69) is 15.3 Å². The van der Waals surface area contributed by atoms with Crippen molar-refractivity contribution >= 4 is 17.3 Å². The molecule has 90 valence electrons. The number of carbonyl (C=O) groups excluding carboxylic acids is 1. The lowest BCUT2D eigenvalue weighted by Crippen LogP contribution is -2.14. The van der Waals surface area contributed by atoms with E-state index in [1.807, 2.05) is 0 Å². The lowest BCUT2D eigenvalue weighted by atomic mass is 10.2. The van der Waals surface area contributed by atoms with Crippen LogP contribution in [0.5, 0.6) is 0 Å². The Morgan fingerprint density at radius 2 is 2.06 bits per heavy atom. The molecule has 0 aliphatic heterocycles. The van der Waals surface area contributed by atoms with E-state index in [0.29, 0.717) is 0 Å². The summed E-state index contributed by atoms with van der Waals surface area (Å²) in [5.74, 6) is -0.544. The molecule has 0 fully saturated rings. The van der Waals surface area contributed by atoms with Crippen molar-refractivity contribution in [3.63, 3.8) is 0 Å². The average molecular weight is 244 g/mol. The first-order chi connectivity index (χ1) is 8.68. The second-order valence-corrected chi connectivity index (χ2v) is 3.32. The maximum atomic E-state index is 11.8. The molecular formula is C11H8N4O3. The molecule has 0 bridgehead atoms. The van der Waals surface area contributed by atoms with E-state index >= 15 is 0 Å². The molecule has 18 heavy (non-hydrogen) atoms. The maximum Gasteiger partial charge on any atom is 0.292 e. The van der Waals surface area contributed by atoms with Crippen LogP contribution in [0.2, 0.25) is 0 Å². The topological polar surface area (TPSA) is 98.0 Å². The monoisotopic (exact) mass is 244 g/mol. The number of carbonyl (C=O) groups is 1. The first kappa shape index (κ1) is 11.6. The lowest BCUT2D eigenvalue weighted by molar-refractivity contribution is -0.383. The number of nitrogens with one attached hydrogen (secondary N) is 1. The van der Waals surface area contributed by atoms with Gasteiger partial charge in [0.15, 0.2) is 0 Å². The van der Waals surface area contributed by atoms with E-state index in [1.165, 1.54) is 36.8 Å². The first-order valence-electron chi connectivity index (χ1n) is 4.99. The largest absolute Gasteiger partial charge is 0.315 e.